The lowest BCUT2D eigenvalue weighted by Gasteiger charge is -2.29. The zero-order valence-electron chi connectivity index (χ0n) is 15.6. The number of fused-ring (bicyclic) bond motifs is 2. The van der Waals surface area contributed by atoms with Crippen LogP contribution in [-0.2, 0) is 16.1 Å². The SMILES string of the molecule is COc1cc2ncc(-c3ccc4c(c3)C(=O)N(C3CCC(=O)NC3=O)C4)cn2n1. The van der Waals surface area contributed by atoms with Crippen molar-refractivity contribution in [3.05, 3.63) is 47.8 Å². The molecule has 0 spiro atoms. The lowest BCUT2D eigenvalue weighted by molar-refractivity contribution is -0.136. The molecule has 5 rings (SSSR count). The highest BCUT2D eigenvalue weighted by Gasteiger charge is 2.39. The van der Waals surface area contributed by atoms with Crippen LogP contribution in [0.1, 0.15) is 28.8 Å². The molecule has 4 heterocycles. The van der Waals surface area contributed by atoms with E-state index in [9.17, 15) is 14.4 Å². The normalized spacial score (nSPS) is 18.9. The van der Waals surface area contributed by atoms with Gasteiger partial charge in [-0.15, -0.1) is 5.10 Å². The molecule has 9 heteroatoms. The Bertz CT molecular complexity index is 1180. The van der Waals surface area contributed by atoms with Crippen LogP contribution in [0.15, 0.2) is 36.7 Å². The maximum Gasteiger partial charge on any atom is 0.255 e. The highest BCUT2D eigenvalue weighted by Crippen LogP contribution is 2.31. The van der Waals surface area contributed by atoms with E-state index in [1.165, 1.54) is 4.90 Å². The summed E-state index contributed by atoms with van der Waals surface area (Å²) < 4.78 is 6.75. The van der Waals surface area contributed by atoms with Crippen LogP contribution in [0, 0.1) is 0 Å². The summed E-state index contributed by atoms with van der Waals surface area (Å²) in [5.41, 5.74) is 3.71. The zero-order chi connectivity index (χ0) is 20.1. The van der Waals surface area contributed by atoms with Gasteiger partial charge in [-0.1, -0.05) is 12.1 Å². The highest BCUT2D eigenvalue weighted by molar-refractivity contribution is 6.05. The molecule has 0 saturated carbocycles. The van der Waals surface area contributed by atoms with Gasteiger partial charge in [-0.25, -0.2) is 9.50 Å². The third-order valence-electron chi connectivity index (χ3n) is 5.36. The van der Waals surface area contributed by atoms with Crippen molar-refractivity contribution in [3.8, 4) is 17.0 Å². The molecule has 9 nitrogen and oxygen atoms in total. The summed E-state index contributed by atoms with van der Waals surface area (Å²) in [6, 6.07) is 6.73. The van der Waals surface area contributed by atoms with Gasteiger partial charge in [0.1, 0.15) is 6.04 Å². The summed E-state index contributed by atoms with van der Waals surface area (Å²) in [5.74, 6) is -0.439. The number of benzene rings is 1. The lowest BCUT2D eigenvalue weighted by Crippen LogP contribution is -2.52. The summed E-state index contributed by atoms with van der Waals surface area (Å²) in [6.07, 6.45) is 4.12. The van der Waals surface area contributed by atoms with Crippen LogP contribution in [0.5, 0.6) is 5.88 Å². The monoisotopic (exact) mass is 391 g/mol. The van der Waals surface area contributed by atoms with Crippen LogP contribution in [0.2, 0.25) is 0 Å². The van der Waals surface area contributed by atoms with Crippen LogP contribution in [0.4, 0.5) is 0 Å². The minimum absolute atomic E-state index is 0.203. The Hall–Kier alpha value is -3.75. The van der Waals surface area contributed by atoms with Crippen molar-refractivity contribution in [2.45, 2.75) is 25.4 Å². The number of nitrogens with one attached hydrogen (secondary N) is 1. The summed E-state index contributed by atoms with van der Waals surface area (Å²) >= 11 is 0. The van der Waals surface area contributed by atoms with Crippen molar-refractivity contribution in [3.63, 3.8) is 0 Å². The first kappa shape index (κ1) is 17.4. The Kier molecular flexibility index (Phi) is 3.83. The summed E-state index contributed by atoms with van der Waals surface area (Å²) in [4.78, 5) is 42.5. The van der Waals surface area contributed by atoms with E-state index < -0.39 is 11.9 Å². The quantitative estimate of drug-likeness (QED) is 0.672. The first-order chi connectivity index (χ1) is 14.0. The first-order valence-electron chi connectivity index (χ1n) is 9.21. The van der Waals surface area contributed by atoms with E-state index in [0.29, 0.717) is 30.1 Å². The van der Waals surface area contributed by atoms with Gasteiger partial charge in [0.05, 0.1) is 7.11 Å². The van der Waals surface area contributed by atoms with Crippen LogP contribution in [-0.4, -0.2) is 50.4 Å². The second kappa shape index (κ2) is 6.40. The zero-order valence-corrected chi connectivity index (χ0v) is 15.6. The minimum atomic E-state index is -0.620. The van der Waals surface area contributed by atoms with Crippen molar-refractivity contribution in [2.75, 3.05) is 7.11 Å². The molecule has 1 aromatic carbocycles. The second-order valence-corrected chi connectivity index (χ2v) is 7.10. The van der Waals surface area contributed by atoms with Gasteiger partial charge < -0.3 is 9.64 Å². The van der Waals surface area contributed by atoms with Crippen LogP contribution >= 0.6 is 0 Å². The fourth-order valence-electron chi connectivity index (χ4n) is 3.84. The second-order valence-electron chi connectivity index (χ2n) is 7.10. The van der Waals surface area contributed by atoms with Crippen LogP contribution < -0.4 is 10.1 Å². The van der Waals surface area contributed by atoms with E-state index in [2.05, 4.69) is 15.4 Å². The van der Waals surface area contributed by atoms with Crippen LogP contribution in [0.25, 0.3) is 16.8 Å². The number of carbonyl (C=O) groups excluding carboxylic acids is 3. The third kappa shape index (κ3) is 2.82. The molecule has 1 unspecified atom stereocenters. The smallest absolute Gasteiger partial charge is 0.255 e. The van der Waals surface area contributed by atoms with Crippen molar-refractivity contribution in [1.82, 2.24) is 24.8 Å². The summed E-state index contributed by atoms with van der Waals surface area (Å²) in [7, 11) is 1.54. The van der Waals surface area contributed by atoms with Gasteiger partial charge in [-0.2, -0.15) is 0 Å². The van der Waals surface area contributed by atoms with Gasteiger partial charge in [0.25, 0.3) is 5.91 Å². The van der Waals surface area contributed by atoms with E-state index in [-0.39, 0.29) is 18.2 Å². The number of hydrogen-bond donors (Lipinski definition) is 1. The number of ether oxygens (including phenoxy) is 1. The van der Waals surface area contributed by atoms with E-state index in [1.807, 2.05) is 24.4 Å². The molecule has 1 N–H and O–H groups in total. The number of methoxy groups -OCH3 is 1. The number of carbonyl (C=O) groups is 3. The molecule has 3 aromatic rings. The van der Waals surface area contributed by atoms with Crippen molar-refractivity contribution >= 4 is 23.4 Å². The van der Waals surface area contributed by atoms with E-state index in [4.69, 9.17) is 4.74 Å². The molecule has 2 aliphatic heterocycles. The topological polar surface area (TPSA) is 106 Å². The number of aromatic nitrogens is 3. The average Bonchev–Trinajstić information content (AvgIpc) is 3.28. The van der Waals surface area contributed by atoms with Gasteiger partial charge in [0.2, 0.25) is 17.7 Å². The molecule has 0 radical (unpaired) electrons. The average molecular weight is 391 g/mol. The number of hydrogen-bond acceptors (Lipinski definition) is 6. The van der Waals surface area contributed by atoms with Gasteiger partial charge in [0, 0.05) is 42.6 Å². The Labute approximate surface area is 165 Å². The molecule has 146 valence electrons. The predicted octanol–water partition coefficient (Wildman–Crippen LogP) is 1.17. The maximum atomic E-state index is 13.0. The third-order valence-corrected chi connectivity index (χ3v) is 5.36. The number of amides is 3. The summed E-state index contributed by atoms with van der Waals surface area (Å²) in [6.45, 7) is 0.356. The maximum absolute atomic E-state index is 13.0. The van der Waals surface area contributed by atoms with E-state index >= 15 is 0 Å². The molecule has 29 heavy (non-hydrogen) atoms. The highest BCUT2D eigenvalue weighted by atomic mass is 16.5. The fourth-order valence-corrected chi connectivity index (χ4v) is 3.84. The standard InChI is InChI=1S/C20H17N5O4/c1-29-18-7-16-21-8-13(10-25(16)23-18)11-2-3-12-9-24(20(28)14(12)6-11)15-4-5-17(26)22-19(15)27/h2-3,6-8,10,15H,4-5,9H2,1H3,(H,22,26,27). The Morgan fingerprint density at radius 2 is 2.03 bits per heavy atom. The van der Waals surface area contributed by atoms with Gasteiger partial charge in [0.15, 0.2) is 5.65 Å². The van der Waals surface area contributed by atoms with Gasteiger partial charge >= 0.3 is 0 Å². The minimum Gasteiger partial charge on any atom is -0.480 e. The molecular weight excluding hydrogens is 374 g/mol. The summed E-state index contributed by atoms with van der Waals surface area (Å²) in [5, 5.41) is 6.59. The Morgan fingerprint density at radius 1 is 1.17 bits per heavy atom. The molecule has 1 saturated heterocycles. The number of rotatable bonds is 3. The molecule has 1 fully saturated rings. The van der Waals surface area contributed by atoms with Crippen molar-refractivity contribution in [2.24, 2.45) is 0 Å². The molecule has 2 aromatic heterocycles. The molecule has 1 atom stereocenters. The van der Waals surface area contributed by atoms with Crippen molar-refractivity contribution in [1.29, 1.82) is 0 Å². The molecule has 0 bridgehead atoms. The molecular formula is C20H17N5O4. The van der Waals surface area contributed by atoms with Crippen LogP contribution in [0.3, 0.4) is 0 Å². The molecule has 3 amide bonds. The first-order valence-corrected chi connectivity index (χ1v) is 9.21. The van der Waals surface area contributed by atoms with Gasteiger partial charge in [-0.05, 0) is 23.6 Å². The van der Waals surface area contributed by atoms with E-state index in [0.717, 1.165) is 16.7 Å². The lowest BCUT2D eigenvalue weighted by atomic mass is 10.0. The number of nitrogens with zero attached hydrogens (tertiary/aromatic N) is 4. The Morgan fingerprint density at radius 3 is 2.83 bits per heavy atom. The largest absolute Gasteiger partial charge is 0.480 e. The van der Waals surface area contributed by atoms with Gasteiger partial charge in [-0.3, -0.25) is 19.7 Å². The Balaban J connectivity index is 1.46. The fraction of sp³-hybridized carbons (Fsp3) is 0.250. The predicted molar refractivity (Wildman–Crippen MR) is 101 cm³/mol. The van der Waals surface area contributed by atoms with E-state index in [1.54, 1.807) is 23.9 Å². The molecule has 0 aliphatic carbocycles. The molecule has 2 aliphatic rings. The number of imide groups is 1. The van der Waals surface area contributed by atoms with Crippen molar-refractivity contribution < 1.29 is 19.1 Å². The number of piperidine rings is 1.